The summed E-state index contributed by atoms with van der Waals surface area (Å²) in [5, 5.41) is 64.5. The number of nitrogens with two attached hydrogens (primary N) is 1. The molecule has 61 heavy (non-hydrogen) atoms. The van der Waals surface area contributed by atoms with E-state index in [9.17, 15) is 68.7 Å². The van der Waals surface area contributed by atoms with Crippen molar-refractivity contribution in [2.75, 3.05) is 13.2 Å². The Morgan fingerprint density at radius 3 is 1.80 bits per heavy atom. The van der Waals surface area contributed by atoms with Crippen molar-refractivity contribution < 1.29 is 68.7 Å². The number of nitrogens with one attached hydrogen (secondary N) is 8. The van der Waals surface area contributed by atoms with Crippen molar-refractivity contribution in [1.29, 1.82) is 0 Å². The molecule has 1 aromatic heterocycles. The summed E-state index contributed by atoms with van der Waals surface area (Å²) in [6, 6.07) is -1.61. The molecule has 0 unspecified atom stereocenters. The van der Waals surface area contributed by atoms with Gasteiger partial charge in [-0.2, -0.15) is 0 Å². The Bertz CT molecular complexity index is 1840. The fourth-order valence-electron chi connectivity index (χ4n) is 5.43. The van der Waals surface area contributed by atoms with Gasteiger partial charge in [0.15, 0.2) is 0 Å². The highest BCUT2D eigenvalue weighted by Crippen LogP contribution is 2.09. The molecule has 8 atom stereocenters. The Morgan fingerprint density at radius 2 is 1.31 bits per heavy atom. The van der Waals surface area contributed by atoms with Crippen molar-refractivity contribution in [2.45, 2.75) is 107 Å². The van der Waals surface area contributed by atoms with Crippen LogP contribution in [0.4, 0.5) is 0 Å². The Balaban J connectivity index is 2.21. The lowest BCUT2D eigenvalue weighted by atomic mass is 10.0. The quantitative estimate of drug-likeness (QED) is 0.0443. The average Bonchev–Trinajstić information content (AvgIpc) is 3.70. The molecule has 0 aliphatic rings. The van der Waals surface area contributed by atoms with Crippen molar-refractivity contribution in [1.82, 2.24) is 47.2 Å². The number of H-pyrrole nitrogens is 1. The van der Waals surface area contributed by atoms with Crippen LogP contribution in [0, 0.1) is 0 Å². The van der Waals surface area contributed by atoms with Crippen LogP contribution in [0.3, 0.4) is 0 Å². The second-order valence-electron chi connectivity index (χ2n) is 14.5. The lowest BCUT2D eigenvalue weighted by Gasteiger charge is -2.28. The van der Waals surface area contributed by atoms with E-state index in [0.717, 1.165) is 13.8 Å². The summed E-state index contributed by atoms with van der Waals surface area (Å²) in [6.07, 6.45) is -1.71. The van der Waals surface area contributed by atoms with E-state index >= 15 is 0 Å². The number of imidazole rings is 1. The normalized spacial score (nSPS) is 15.1. The van der Waals surface area contributed by atoms with E-state index in [0.29, 0.717) is 11.3 Å². The van der Waals surface area contributed by atoms with Gasteiger partial charge in [-0.1, -0.05) is 30.3 Å². The summed E-state index contributed by atoms with van der Waals surface area (Å²) < 4.78 is 0. The van der Waals surface area contributed by atoms with E-state index in [2.05, 4.69) is 41.9 Å². The molecular weight excluding hydrogens is 808 g/mol. The molecule has 0 aliphatic heterocycles. The smallest absolute Gasteiger partial charge is 0.328 e. The number of rotatable bonds is 25. The van der Waals surface area contributed by atoms with Crippen LogP contribution in [0.2, 0.25) is 0 Å². The first kappa shape index (κ1) is 50.6. The maximum Gasteiger partial charge on any atom is 0.328 e. The Hall–Kier alpha value is -6.50. The molecule has 0 aliphatic carbocycles. The molecule has 0 radical (unpaired) electrons. The Labute approximate surface area is 349 Å². The lowest BCUT2D eigenvalue weighted by molar-refractivity contribution is -0.144. The highest BCUT2D eigenvalue weighted by molar-refractivity contribution is 5.98. The number of amides is 7. The van der Waals surface area contributed by atoms with Crippen LogP contribution in [0.25, 0.3) is 0 Å². The van der Waals surface area contributed by atoms with Crippen LogP contribution in [0.5, 0.6) is 0 Å². The molecule has 1 heterocycles. The number of nitrogens with zero attached hydrogens (tertiary/aromatic N) is 1. The number of aliphatic hydroxyl groups is 3. The molecule has 0 saturated carbocycles. The minimum atomic E-state index is -1.84. The summed E-state index contributed by atoms with van der Waals surface area (Å²) in [6.45, 7) is 3.13. The number of aliphatic hydroxyl groups excluding tert-OH is 3. The van der Waals surface area contributed by atoms with E-state index in [1.54, 1.807) is 36.5 Å². The predicted octanol–water partition coefficient (Wildman–Crippen LogP) is -5.34. The predicted molar refractivity (Wildman–Crippen MR) is 210 cm³/mol. The highest BCUT2D eigenvalue weighted by atomic mass is 16.4. The fraction of sp³-hybridized carbons (Fsp3) is 0.514. The van der Waals surface area contributed by atoms with Gasteiger partial charge in [0.1, 0.15) is 35.7 Å². The Morgan fingerprint density at radius 1 is 0.754 bits per heavy atom. The number of aliphatic carboxylic acids is 2. The number of aromatic amines is 1. The first-order valence-corrected chi connectivity index (χ1v) is 18.9. The number of carboxylic acid groups (broad SMARTS) is 2. The minimum Gasteiger partial charge on any atom is -0.481 e. The minimum absolute atomic E-state index is 0.0610. The molecule has 2 aromatic rings. The second kappa shape index (κ2) is 23.9. The van der Waals surface area contributed by atoms with E-state index in [1.807, 2.05) is 5.32 Å². The largest absolute Gasteiger partial charge is 0.481 e. The van der Waals surface area contributed by atoms with E-state index in [4.69, 9.17) is 5.73 Å². The number of carbonyl (C=O) groups is 9. The van der Waals surface area contributed by atoms with Crippen molar-refractivity contribution in [2.24, 2.45) is 5.73 Å². The monoisotopic (exact) mass is 862 g/mol. The van der Waals surface area contributed by atoms with Gasteiger partial charge in [0.05, 0.1) is 43.4 Å². The van der Waals surface area contributed by atoms with Crippen molar-refractivity contribution in [3.63, 3.8) is 0 Å². The molecule has 0 spiro atoms. The number of hydrogen-bond acceptors (Lipinski definition) is 14. The Kier molecular flexibility index (Phi) is 19.9. The van der Waals surface area contributed by atoms with Gasteiger partial charge in [0, 0.05) is 25.5 Å². The third kappa shape index (κ3) is 16.9. The van der Waals surface area contributed by atoms with Crippen molar-refractivity contribution in [3.8, 4) is 0 Å². The van der Waals surface area contributed by atoms with Gasteiger partial charge in [-0.15, -0.1) is 0 Å². The van der Waals surface area contributed by atoms with E-state index in [-0.39, 0.29) is 12.8 Å². The van der Waals surface area contributed by atoms with Gasteiger partial charge in [0.2, 0.25) is 41.4 Å². The standard InChI is InChI=1S/C37H54N10O14/c1-18(49)28(33(57)43-24(12-20-8-6-5-7-9-20)32(56)46-29(19(2)50)34(58)44-25(16-48)35(59)60)45-31(55)23(10-11-27(52)53)42-26(51)15-40-36(61)37(3,4)47-30(54)22(38)13-21-14-39-17-41-21/h5-9,14,17-19,22-25,28-29,48-50H,10-13,15-16,38H2,1-4H3,(H,39,41)(H,40,61)(H,42,51)(H,43,57)(H,44,58)(H,45,55)(H,46,56)(H,47,54)(H,52,53)(H,59,60)/t18-,19-,22+,23+,24+,25+,28+,29+/m1/s1. The van der Waals surface area contributed by atoms with Gasteiger partial charge < -0.3 is 73.5 Å². The van der Waals surface area contributed by atoms with Crippen LogP contribution in [-0.2, 0) is 56.0 Å². The number of carboxylic acids is 2. The lowest BCUT2D eigenvalue weighted by Crippen LogP contribution is -2.62. The summed E-state index contributed by atoms with van der Waals surface area (Å²) in [5.41, 5.74) is 5.33. The first-order chi connectivity index (χ1) is 28.6. The SMILES string of the molecule is C[C@@H](O)[C@H](NC(=O)[C@H](Cc1ccccc1)NC(=O)[C@@H](NC(=O)[C@H](CCC(=O)O)NC(=O)CNC(=O)C(C)(C)NC(=O)[C@@H](N)Cc1c[nH]cn1)[C@@H](C)O)C(=O)N[C@@H](CO)C(=O)O. The summed E-state index contributed by atoms with van der Waals surface area (Å²) >= 11 is 0. The van der Waals surface area contributed by atoms with Gasteiger partial charge in [-0.3, -0.25) is 38.4 Å². The number of benzene rings is 1. The van der Waals surface area contributed by atoms with Crippen molar-refractivity contribution in [3.05, 3.63) is 54.1 Å². The molecule has 336 valence electrons. The van der Waals surface area contributed by atoms with Crippen LogP contribution in [-0.4, -0.2) is 156 Å². The summed E-state index contributed by atoms with van der Waals surface area (Å²) in [4.78, 5) is 122. The third-order valence-corrected chi connectivity index (χ3v) is 8.87. The van der Waals surface area contributed by atoms with Crippen LogP contribution >= 0.6 is 0 Å². The molecule has 0 bridgehead atoms. The number of carbonyl (C=O) groups excluding carboxylic acids is 7. The molecule has 0 fully saturated rings. The van der Waals surface area contributed by atoms with Crippen LogP contribution in [0.15, 0.2) is 42.9 Å². The number of aromatic nitrogens is 2. The molecular formula is C37H54N10O14. The molecule has 7 amide bonds. The van der Waals surface area contributed by atoms with Crippen LogP contribution < -0.4 is 43.0 Å². The third-order valence-electron chi connectivity index (χ3n) is 8.87. The zero-order valence-electron chi connectivity index (χ0n) is 33.8. The average molecular weight is 863 g/mol. The van der Waals surface area contributed by atoms with Gasteiger partial charge >= 0.3 is 11.9 Å². The molecule has 15 N–H and O–H groups in total. The zero-order valence-corrected chi connectivity index (χ0v) is 33.8. The van der Waals surface area contributed by atoms with Gasteiger partial charge in [-0.05, 0) is 39.7 Å². The zero-order chi connectivity index (χ0) is 46.0. The highest BCUT2D eigenvalue weighted by Gasteiger charge is 2.36. The molecule has 1 aromatic carbocycles. The van der Waals surface area contributed by atoms with Crippen LogP contribution in [0.1, 0.15) is 51.8 Å². The van der Waals surface area contributed by atoms with E-state index in [1.165, 1.54) is 20.2 Å². The molecule has 24 nitrogen and oxygen atoms in total. The topological polar surface area (TPSA) is 394 Å². The van der Waals surface area contributed by atoms with E-state index < -0.39 is 133 Å². The summed E-state index contributed by atoms with van der Waals surface area (Å²) in [7, 11) is 0. The molecule has 2 rings (SSSR count). The summed E-state index contributed by atoms with van der Waals surface area (Å²) in [5.74, 6) is -10.0. The molecule has 0 saturated heterocycles. The van der Waals surface area contributed by atoms with Gasteiger partial charge in [-0.25, -0.2) is 9.78 Å². The van der Waals surface area contributed by atoms with Gasteiger partial charge in [0.25, 0.3) is 0 Å². The maximum absolute atomic E-state index is 13.7. The van der Waals surface area contributed by atoms with Crippen molar-refractivity contribution >= 4 is 53.3 Å². The maximum atomic E-state index is 13.7. The second-order valence-corrected chi connectivity index (χ2v) is 14.5. The molecule has 24 heteroatoms. The first-order valence-electron chi connectivity index (χ1n) is 18.9. The number of hydrogen-bond donors (Lipinski definition) is 14. The fourth-order valence-corrected chi connectivity index (χ4v) is 5.43.